The van der Waals surface area contributed by atoms with Gasteiger partial charge in [0.2, 0.25) is 0 Å². The highest BCUT2D eigenvalue weighted by atomic mass is 19.2. The minimum Gasteiger partial charge on any atom is -0.497 e. The Hall–Kier alpha value is -4.18. The van der Waals surface area contributed by atoms with E-state index in [-0.39, 0.29) is 0 Å². The quantitative estimate of drug-likeness (QED) is 0.0688. The largest absolute Gasteiger partial charge is 0.497 e. The maximum Gasteiger partial charge on any atom is 0.159 e. The fourth-order valence-corrected chi connectivity index (χ4v) is 16.0. The van der Waals surface area contributed by atoms with Crippen LogP contribution >= 0.6 is 0 Å². The Morgan fingerprint density at radius 2 is 0.744 bits per heavy atom. The van der Waals surface area contributed by atoms with Crippen molar-refractivity contribution in [2.75, 3.05) is 13.7 Å². The van der Waals surface area contributed by atoms with Gasteiger partial charge in [-0.1, -0.05) is 138 Å². The summed E-state index contributed by atoms with van der Waals surface area (Å²) in [6.07, 6.45) is 48.3. The molecule has 0 unspecified atom stereocenters. The van der Waals surface area contributed by atoms with E-state index in [0.29, 0.717) is 5.92 Å². The van der Waals surface area contributed by atoms with Gasteiger partial charge in [-0.05, 0) is 298 Å². The second kappa shape index (κ2) is 36.0. The molecule has 2 nitrogen and oxygen atoms in total. The van der Waals surface area contributed by atoms with Gasteiger partial charge in [-0.3, -0.25) is 0 Å². The van der Waals surface area contributed by atoms with Gasteiger partial charge in [0.05, 0.1) is 13.7 Å². The molecule has 0 aliphatic heterocycles. The minimum atomic E-state index is -0.739. The lowest BCUT2D eigenvalue weighted by Crippen LogP contribution is -2.25. The van der Waals surface area contributed by atoms with Crippen LogP contribution < -0.4 is 9.47 Å². The zero-order valence-electron chi connectivity index (χ0n) is 52.6. The first kappa shape index (κ1) is 65.4. The topological polar surface area (TPSA) is 18.5 Å². The van der Waals surface area contributed by atoms with E-state index in [0.717, 1.165) is 102 Å². The number of hydrogen-bond donors (Lipinski definition) is 0. The number of allylic oxidation sites excluding steroid dienone is 2. The molecule has 0 spiro atoms. The molecule has 4 aromatic carbocycles. The van der Waals surface area contributed by atoms with Crippen molar-refractivity contribution in [2.45, 2.75) is 257 Å². The summed E-state index contributed by atoms with van der Waals surface area (Å²) in [6, 6.07) is 31.2. The SMILES string of the molecule is C=CC1CCC(C2CCC(c3ccc(C)cc3)CC2)CC1.C=CC1CCC(C2CCC(c3ccc(F)c(F)c3)CC2)CC1.CCCCCC1CCC(c2ccc(OC)cc2)CC1.CCCCCC1CCC(c2ccc(OCC)cc2)CC1. The standard InChI is InChI=1S/C21H30.C20H26F2.C19H30O.C18H28O/c1-3-17-6-10-19(11-7-17)21-14-12-20(13-15-21)18-8-4-16(2)5-9-18;1-2-14-3-5-15(6-4-14)16-7-9-17(10-8-16)18-11-12-19(21)20(22)13-18;1-3-5-6-7-16-8-10-17(11-9-16)18-12-14-19(15-13-18)20-4-2;1-3-4-5-6-15-7-9-16(10-8-15)17-11-13-18(19-2)14-12-17/h3-5,8-9,17,19-21H,1,6-7,10-15H2,2H3;2,11-17H,1,3-10H2;12-17H,3-11H2,1-2H3;11-16H,3-10H2,1-2H3. The van der Waals surface area contributed by atoms with Crippen LogP contribution in [0.3, 0.4) is 0 Å². The number of methoxy groups -OCH3 is 1. The van der Waals surface area contributed by atoms with E-state index in [4.69, 9.17) is 9.47 Å². The van der Waals surface area contributed by atoms with Gasteiger partial charge in [-0.15, -0.1) is 13.2 Å². The fraction of sp³-hybridized carbons (Fsp3) is 0.641. The summed E-state index contributed by atoms with van der Waals surface area (Å²) in [5.41, 5.74) is 6.96. The number of halogens is 2. The molecule has 6 fully saturated rings. The molecule has 0 N–H and O–H groups in total. The summed E-state index contributed by atoms with van der Waals surface area (Å²) >= 11 is 0. The third kappa shape index (κ3) is 21.1. The molecule has 0 saturated heterocycles. The third-order valence-electron chi connectivity index (χ3n) is 21.5. The molecule has 0 aromatic heterocycles. The molecule has 0 bridgehead atoms. The molecule has 6 aliphatic rings. The van der Waals surface area contributed by atoms with E-state index in [1.165, 1.54) is 221 Å². The summed E-state index contributed by atoms with van der Waals surface area (Å²) in [5, 5.41) is 0. The summed E-state index contributed by atoms with van der Waals surface area (Å²) < 4.78 is 37.2. The second-order valence-electron chi connectivity index (χ2n) is 26.8. The van der Waals surface area contributed by atoms with E-state index in [1.54, 1.807) is 18.7 Å². The van der Waals surface area contributed by atoms with Crippen LogP contribution in [0.15, 0.2) is 116 Å². The lowest BCUT2D eigenvalue weighted by molar-refractivity contribution is 0.171. The van der Waals surface area contributed by atoms with E-state index in [9.17, 15) is 8.78 Å². The maximum atomic E-state index is 13.4. The first-order valence-corrected chi connectivity index (χ1v) is 34.2. The van der Waals surface area contributed by atoms with Crippen LogP contribution in [0, 0.1) is 65.9 Å². The zero-order chi connectivity index (χ0) is 57.9. The molecule has 4 aromatic rings. The van der Waals surface area contributed by atoms with Crippen molar-refractivity contribution < 1.29 is 18.3 Å². The summed E-state index contributed by atoms with van der Waals surface area (Å²) in [4.78, 5) is 0. The summed E-state index contributed by atoms with van der Waals surface area (Å²) in [7, 11) is 1.73. The number of rotatable bonds is 19. The van der Waals surface area contributed by atoms with E-state index in [2.05, 4.69) is 119 Å². The molecule has 452 valence electrons. The lowest BCUT2D eigenvalue weighted by Gasteiger charge is -2.37. The van der Waals surface area contributed by atoms with Crippen LogP contribution in [0.25, 0.3) is 0 Å². The molecular weight excluding hydrogens is 1010 g/mol. The number of aryl methyl sites for hydroxylation is 1. The van der Waals surface area contributed by atoms with Crippen molar-refractivity contribution >= 4 is 0 Å². The van der Waals surface area contributed by atoms with Gasteiger partial charge in [0, 0.05) is 0 Å². The van der Waals surface area contributed by atoms with Crippen LogP contribution in [0.1, 0.15) is 278 Å². The van der Waals surface area contributed by atoms with Crippen LogP contribution in [-0.2, 0) is 0 Å². The highest BCUT2D eigenvalue weighted by molar-refractivity contribution is 5.31. The van der Waals surface area contributed by atoms with Crippen molar-refractivity contribution in [1.29, 1.82) is 0 Å². The molecule has 0 heterocycles. The van der Waals surface area contributed by atoms with Gasteiger partial charge >= 0.3 is 0 Å². The van der Waals surface area contributed by atoms with Gasteiger partial charge in [-0.25, -0.2) is 8.78 Å². The average molecular weight is 1120 g/mol. The van der Waals surface area contributed by atoms with Crippen molar-refractivity contribution in [2.24, 2.45) is 47.3 Å². The Balaban J connectivity index is 0.000000158. The van der Waals surface area contributed by atoms with Crippen LogP contribution in [0.5, 0.6) is 11.5 Å². The highest BCUT2D eigenvalue weighted by Gasteiger charge is 2.33. The molecular formula is C78H114F2O2. The summed E-state index contributed by atoms with van der Waals surface area (Å²) in [5.74, 6) is 10.6. The van der Waals surface area contributed by atoms with Crippen LogP contribution in [0.4, 0.5) is 8.78 Å². The fourth-order valence-electron chi connectivity index (χ4n) is 16.0. The predicted octanol–water partition coefficient (Wildman–Crippen LogP) is 24.0. The molecule has 4 heteroatoms. The van der Waals surface area contributed by atoms with Crippen molar-refractivity contribution in [3.63, 3.8) is 0 Å². The van der Waals surface area contributed by atoms with Crippen molar-refractivity contribution in [1.82, 2.24) is 0 Å². The van der Waals surface area contributed by atoms with Gasteiger partial charge in [-0.2, -0.15) is 0 Å². The minimum absolute atomic E-state index is 0.413. The molecule has 82 heavy (non-hydrogen) atoms. The van der Waals surface area contributed by atoms with Crippen molar-refractivity contribution in [3.8, 4) is 11.5 Å². The molecule has 6 saturated carbocycles. The molecule has 0 atom stereocenters. The smallest absolute Gasteiger partial charge is 0.159 e. The third-order valence-corrected chi connectivity index (χ3v) is 21.5. The average Bonchev–Trinajstić information content (AvgIpc) is 3.58. The number of hydrogen-bond acceptors (Lipinski definition) is 2. The second-order valence-corrected chi connectivity index (χ2v) is 26.8. The normalized spacial score (nSPS) is 28.3. The Kier molecular flexibility index (Phi) is 28.7. The van der Waals surface area contributed by atoms with Gasteiger partial charge < -0.3 is 9.47 Å². The lowest BCUT2D eigenvalue weighted by atomic mass is 9.68. The van der Waals surface area contributed by atoms with Crippen molar-refractivity contribution in [3.05, 3.63) is 156 Å². The van der Waals surface area contributed by atoms with Gasteiger partial charge in [0.1, 0.15) is 11.5 Å². The zero-order valence-corrected chi connectivity index (χ0v) is 52.6. The monoisotopic (exact) mass is 1120 g/mol. The number of benzene rings is 4. The van der Waals surface area contributed by atoms with Crippen LogP contribution in [-0.4, -0.2) is 13.7 Å². The van der Waals surface area contributed by atoms with Gasteiger partial charge in [0.15, 0.2) is 11.6 Å². The number of unbranched alkanes of at least 4 members (excludes halogenated alkanes) is 4. The Morgan fingerprint density at radius 1 is 0.402 bits per heavy atom. The van der Waals surface area contributed by atoms with Gasteiger partial charge in [0.25, 0.3) is 0 Å². The summed E-state index contributed by atoms with van der Waals surface area (Å²) in [6.45, 7) is 17.4. The Morgan fingerprint density at radius 3 is 1.10 bits per heavy atom. The van der Waals surface area contributed by atoms with Crippen LogP contribution in [0.2, 0.25) is 0 Å². The molecule has 0 amide bonds. The first-order chi connectivity index (χ1) is 40.1. The molecule has 0 radical (unpaired) electrons. The Bertz CT molecular complexity index is 2320. The number of ether oxygens (including phenoxy) is 2. The maximum absolute atomic E-state index is 13.4. The Labute approximate surface area is 500 Å². The predicted molar refractivity (Wildman–Crippen MR) is 347 cm³/mol. The molecule has 10 rings (SSSR count). The highest BCUT2D eigenvalue weighted by Crippen LogP contribution is 2.46. The van der Waals surface area contributed by atoms with E-state index < -0.39 is 11.6 Å². The molecule has 6 aliphatic carbocycles. The van der Waals surface area contributed by atoms with E-state index in [1.807, 2.05) is 6.92 Å². The first-order valence-electron chi connectivity index (χ1n) is 34.2. The van der Waals surface area contributed by atoms with E-state index >= 15 is 0 Å².